The third-order valence-corrected chi connectivity index (χ3v) is 4.79. The Morgan fingerprint density at radius 2 is 0.727 bits per heavy atom. The fraction of sp³-hybridized carbons (Fsp3) is 0.111. The molecule has 6 nitrogen and oxygen atoms in total. The Morgan fingerprint density at radius 3 is 1.18 bits per heavy atom. The molecule has 0 aliphatic heterocycles. The van der Waals surface area contributed by atoms with Crippen molar-refractivity contribution in [2.75, 3.05) is 21.3 Å². The van der Waals surface area contributed by atoms with Gasteiger partial charge in [-0.2, -0.15) is 0 Å². The van der Waals surface area contributed by atoms with E-state index in [2.05, 4.69) is 0 Å². The van der Waals surface area contributed by atoms with Gasteiger partial charge in [0.2, 0.25) is 0 Å². The number of ether oxygens (including phenoxy) is 6. The van der Waals surface area contributed by atoms with Gasteiger partial charge in [-0.1, -0.05) is 36.4 Å². The third kappa shape index (κ3) is 5.13. The van der Waals surface area contributed by atoms with Gasteiger partial charge in [-0.15, -0.1) is 0 Å². The van der Waals surface area contributed by atoms with Crippen LogP contribution >= 0.6 is 0 Å². The lowest BCUT2D eigenvalue weighted by Gasteiger charge is -2.17. The highest BCUT2D eigenvalue weighted by molar-refractivity contribution is 5.54. The lowest BCUT2D eigenvalue weighted by atomic mass is 10.2. The molecule has 168 valence electrons. The Morgan fingerprint density at radius 1 is 0.364 bits per heavy atom. The Balaban J connectivity index is 1.72. The number of methoxy groups -OCH3 is 3. The topological polar surface area (TPSA) is 55.4 Å². The number of hydrogen-bond donors (Lipinski definition) is 0. The van der Waals surface area contributed by atoms with Crippen molar-refractivity contribution in [3.8, 4) is 51.7 Å². The summed E-state index contributed by atoms with van der Waals surface area (Å²) in [7, 11) is 4.79. The first-order valence-corrected chi connectivity index (χ1v) is 10.3. The van der Waals surface area contributed by atoms with E-state index in [9.17, 15) is 0 Å². The molecule has 0 heterocycles. The molecule has 4 aromatic rings. The molecule has 0 unspecified atom stereocenters. The molecule has 0 spiro atoms. The molecule has 0 bridgehead atoms. The van der Waals surface area contributed by atoms with E-state index in [1.807, 2.05) is 72.8 Å². The number of benzene rings is 4. The van der Waals surface area contributed by atoms with Crippen LogP contribution in [0.1, 0.15) is 0 Å². The Kier molecular flexibility index (Phi) is 6.85. The zero-order chi connectivity index (χ0) is 23.0. The lowest BCUT2D eigenvalue weighted by Crippen LogP contribution is -1.96. The van der Waals surface area contributed by atoms with Gasteiger partial charge in [0.15, 0.2) is 46.0 Å². The molecule has 6 heteroatoms. The second kappa shape index (κ2) is 10.3. The molecular formula is C27H24O6. The van der Waals surface area contributed by atoms with Crippen LogP contribution in [0.15, 0.2) is 91.0 Å². The van der Waals surface area contributed by atoms with Gasteiger partial charge in [0.1, 0.15) is 5.75 Å². The highest BCUT2D eigenvalue weighted by Gasteiger charge is 2.15. The maximum atomic E-state index is 6.21. The van der Waals surface area contributed by atoms with Gasteiger partial charge in [0.05, 0.1) is 21.3 Å². The first-order chi connectivity index (χ1) is 16.2. The maximum Gasteiger partial charge on any atom is 0.173 e. The van der Waals surface area contributed by atoms with Crippen molar-refractivity contribution in [2.45, 2.75) is 0 Å². The molecule has 4 aromatic carbocycles. The van der Waals surface area contributed by atoms with Gasteiger partial charge in [0.25, 0.3) is 0 Å². The van der Waals surface area contributed by atoms with E-state index in [1.165, 1.54) is 0 Å². The molecule has 0 aliphatic rings. The van der Waals surface area contributed by atoms with Gasteiger partial charge >= 0.3 is 0 Å². The third-order valence-electron chi connectivity index (χ3n) is 4.79. The quantitative estimate of drug-likeness (QED) is 0.275. The zero-order valence-electron chi connectivity index (χ0n) is 18.6. The summed E-state index contributed by atoms with van der Waals surface area (Å²) in [5.41, 5.74) is 0. The SMILES string of the molecule is COc1ccccc1Oc1ccc(Oc2ccccc2OC)c(Oc2ccccc2OC)c1. The molecule has 4 rings (SSSR count). The summed E-state index contributed by atoms with van der Waals surface area (Å²) in [6.07, 6.45) is 0. The standard InChI is InChI=1S/C27H24O6/c1-28-20-10-4-7-13-23(20)31-19-16-17-26(32-24-14-8-5-11-21(24)29-2)27(18-19)33-25-15-9-6-12-22(25)30-3/h4-18H,1-3H3. The van der Waals surface area contributed by atoms with Gasteiger partial charge in [-0.05, 0) is 48.5 Å². The van der Waals surface area contributed by atoms with Crippen molar-refractivity contribution in [2.24, 2.45) is 0 Å². The van der Waals surface area contributed by atoms with Crippen LogP contribution in [-0.2, 0) is 0 Å². The normalized spacial score (nSPS) is 10.3. The fourth-order valence-electron chi connectivity index (χ4n) is 3.19. The Labute approximate surface area is 192 Å². The van der Waals surface area contributed by atoms with Crippen LogP contribution in [0.25, 0.3) is 0 Å². The summed E-state index contributed by atoms with van der Waals surface area (Å²) < 4.78 is 34.7. The van der Waals surface area contributed by atoms with Crippen LogP contribution in [0.4, 0.5) is 0 Å². The second-order valence-corrected chi connectivity index (χ2v) is 6.87. The first-order valence-electron chi connectivity index (χ1n) is 10.3. The van der Waals surface area contributed by atoms with E-state index in [4.69, 9.17) is 28.4 Å². The fourth-order valence-corrected chi connectivity index (χ4v) is 3.19. The average molecular weight is 444 g/mol. The highest BCUT2D eigenvalue weighted by atomic mass is 16.6. The smallest absolute Gasteiger partial charge is 0.173 e. The monoisotopic (exact) mass is 444 g/mol. The van der Waals surface area contributed by atoms with Crippen molar-refractivity contribution in [3.63, 3.8) is 0 Å². The Bertz CT molecular complexity index is 1220. The molecule has 0 N–H and O–H groups in total. The van der Waals surface area contributed by atoms with Crippen molar-refractivity contribution < 1.29 is 28.4 Å². The molecule has 0 aliphatic carbocycles. The van der Waals surface area contributed by atoms with Crippen LogP contribution in [0.5, 0.6) is 51.7 Å². The molecule has 0 amide bonds. The minimum absolute atomic E-state index is 0.442. The first kappa shape index (κ1) is 21.9. The van der Waals surface area contributed by atoms with Gasteiger partial charge < -0.3 is 28.4 Å². The number of para-hydroxylation sites is 6. The van der Waals surface area contributed by atoms with E-state index in [0.717, 1.165) is 0 Å². The van der Waals surface area contributed by atoms with Crippen molar-refractivity contribution in [3.05, 3.63) is 91.0 Å². The van der Waals surface area contributed by atoms with E-state index in [1.54, 1.807) is 39.5 Å². The molecule has 0 radical (unpaired) electrons. The second-order valence-electron chi connectivity index (χ2n) is 6.87. The minimum Gasteiger partial charge on any atom is -0.493 e. The summed E-state index contributed by atoms with van der Waals surface area (Å²) in [4.78, 5) is 0. The van der Waals surface area contributed by atoms with Crippen LogP contribution in [0, 0.1) is 0 Å². The van der Waals surface area contributed by atoms with E-state index in [0.29, 0.717) is 51.7 Å². The van der Waals surface area contributed by atoms with Crippen molar-refractivity contribution >= 4 is 0 Å². The van der Waals surface area contributed by atoms with Crippen LogP contribution in [0.2, 0.25) is 0 Å². The molecule has 0 atom stereocenters. The van der Waals surface area contributed by atoms with E-state index in [-0.39, 0.29) is 0 Å². The summed E-state index contributed by atoms with van der Waals surface area (Å²) in [6.45, 7) is 0. The van der Waals surface area contributed by atoms with Gasteiger partial charge in [0, 0.05) is 6.07 Å². The molecule has 0 aromatic heterocycles. The summed E-state index contributed by atoms with van der Waals surface area (Å²) >= 11 is 0. The van der Waals surface area contributed by atoms with Crippen molar-refractivity contribution in [1.29, 1.82) is 0 Å². The van der Waals surface area contributed by atoms with Crippen molar-refractivity contribution in [1.82, 2.24) is 0 Å². The molecule has 0 fully saturated rings. The summed E-state index contributed by atoms with van der Waals surface area (Å²) in [6, 6.07) is 27.5. The molecule has 33 heavy (non-hydrogen) atoms. The number of rotatable bonds is 9. The van der Waals surface area contributed by atoms with Crippen LogP contribution in [0.3, 0.4) is 0 Å². The van der Waals surface area contributed by atoms with Gasteiger partial charge in [-0.25, -0.2) is 0 Å². The molecule has 0 saturated heterocycles. The minimum atomic E-state index is 0.442. The highest BCUT2D eigenvalue weighted by Crippen LogP contribution is 2.43. The Hall–Kier alpha value is -4.32. The zero-order valence-corrected chi connectivity index (χ0v) is 18.6. The predicted molar refractivity (Wildman–Crippen MR) is 126 cm³/mol. The summed E-state index contributed by atoms with van der Waals surface area (Å²) in [5.74, 6) is 4.99. The van der Waals surface area contributed by atoms with Gasteiger partial charge in [-0.3, -0.25) is 0 Å². The molecule has 0 saturated carbocycles. The maximum absolute atomic E-state index is 6.21. The average Bonchev–Trinajstić information content (AvgIpc) is 2.86. The lowest BCUT2D eigenvalue weighted by molar-refractivity contribution is 0.354. The number of hydrogen-bond acceptors (Lipinski definition) is 6. The van der Waals surface area contributed by atoms with Crippen LogP contribution < -0.4 is 28.4 Å². The summed E-state index contributed by atoms with van der Waals surface area (Å²) in [5, 5.41) is 0. The largest absolute Gasteiger partial charge is 0.493 e. The van der Waals surface area contributed by atoms with E-state index >= 15 is 0 Å². The van der Waals surface area contributed by atoms with E-state index < -0.39 is 0 Å². The predicted octanol–water partition coefficient (Wildman–Crippen LogP) is 7.09. The van der Waals surface area contributed by atoms with Crippen LogP contribution in [-0.4, -0.2) is 21.3 Å². The molecular weight excluding hydrogens is 420 g/mol.